The minimum atomic E-state index is 0.816. The zero-order valence-corrected chi connectivity index (χ0v) is 7.77. The van der Waals surface area contributed by atoms with Crippen LogP contribution in [0.2, 0.25) is 0 Å². The van der Waals surface area contributed by atoms with Gasteiger partial charge in [0.15, 0.2) is 0 Å². The van der Waals surface area contributed by atoms with Crippen LogP contribution in [0.5, 0.6) is 0 Å². The second kappa shape index (κ2) is 2.48. The summed E-state index contributed by atoms with van der Waals surface area (Å²) in [5.74, 6) is 0. The van der Waals surface area contributed by atoms with Crippen LogP contribution in [0.3, 0.4) is 0 Å². The van der Waals surface area contributed by atoms with E-state index >= 15 is 0 Å². The summed E-state index contributed by atoms with van der Waals surface area (Å²) in [6.45, 7) is 7.29. The highest BCUT2D eigenvalue weighted by Gasteiger charge is 2.50. The summed E-state index contributed by atoms with van der Waals surface area (Å²) >= 11 is 0. The summed E-state index contributed by atoms with van der Waals surface area (Å²) < 4.78 is 0. The van der Waals surface area contributed by atoms with Gasteiger partial charge in [-0.05, 0) is 37.6 Å². The minimum Gasteiger partial charge on any atom is -0.300 e. The van der Waals surface area contributed by atoms with Crippen LogP contribution >= 0.6 is 0 Å². The molecule has 1 heteroatoms. The topological polar surface area (TPSA) is 3.24 Å². The summed E-state index contributed by atoms with van der Waals surface area (Å²) in [4.78, 5) is 2.67. The van der Waals surface area contributed by atoms with Crippen molar-refractivity contribution in [1.82, 2.24) is 4.90 Å². The molecule has 1 atom stereocenters. The lowest BCUT2D eigenvalue weighted by molar-refractivity contribution is 0.257. The largest absolute Gasteiger partial charge is 0.300 e. The molecule has 1 aliphatic heterocycles. The Labute approximate surface area is 69.8 Å². The molecule has 1 heterocycles. The number of likely N-dealkylation sites (tertiary alicyclic amines) is 1. The van der Waals surface area contributed by atoms with Crippen LogP contribution in [0.25, 0.3) is 0 Å². The second-order valence-electron chi connectivity index (χ2n) is 4.33. The Hall–Kier alpha value is -0.0400. The third-order valence-electron chi connectivity index (χ3n) is 3.56. The van der Waals surface area contributed by atoms with Gasteiger partial charge in [0.1, 0.15) is 0 Å². The molecule has 0 bridgehead atoms. The maximum atomic E-state index is 2.67. The highest BCUT2D eigenvalue weighted by Crippen LogP contribution is 2.55. The lowest BCUT2D eigenvalue weighted by Gasteiger charge is -2.20. The SMILES string of the molecule is CCC1CC2(CC2)CN1CC. The van der Waals surface area contributed by atoms with E-state index in [9.17, 15) is 0 Å². The van der Waals surface area contributed by atoms with Crippen LogP contribution in [-0.2, 0) is 0 Å². The molecular weight excluding hydrogens is 134 g/mol. The molecule has 2 aliphatic rings. The first-order valence-electron chi connectivity index (χ1n) is 5.04. The third kappa shape index (κ3) is 1.20. The fraction of sp³-hybridized carbons (Fsp3) is 1.00. The molecule has 0 radical (unpaired) electrons. The first-order chi connectivity index (χ1) is 5.29. The summed E-state index contributed by atoms with van der Waals surface area (Å²) in [6, 6.07) is 0.919. The average Bonchev–Trinajstić information content (AvgIpc) is 2.64. The standard InChI is InChI=1S/C10H19N/c1-3-9-7-10(5-6-10)8-11(9)4-2/h9H,3-8H2,1-2H3. The van der Waals surface area contributed by atoms with Crippen molar-refractivity contribution in [3.8, 4) is 0 Å². The van der Waals surface area contributed by atoms with Gasteiger partial charge in [0.05, 0.1) is 0 Å². The Bertz CT molecular complexity index is 135. The maximum absolute atomic E-state index is 2.67. The van der Waals surface area contributed by atoms with Gasteiger partial charge in [-0.2, -0.15) is 0 Å². The highest BCUT2D eigenvalue weighted by atomic mass is 15.2. The molecule has 0 aromatic heterocycles. The van der Waals surface area contributed by atoms with Crippen molar-refractivity contribution in [2.24, 2.45) is 5.41 Å². The van der Waals surface area contributed by atoms with E-state index in [0.29, 0.717) is 0 Å². The van der Waals surface area contributed by atoms with Gasteiger partial charge in [0.2, 0.25) is 0 Å². The zero-order valence-electron chi connectivity index (χ0n) is 7.77. The van der Waals surface area contributed by atoms with Crippen molar-refractivity contribution in [2.45, 2.75) is 45.6 Å². The van der Waals surface area contributed by atoms with Crippen LogP contribution in [0, 0.1) is 5.41 Å². The lowest BCUT2D eigenvalue weighted by atomic mass is 10.0. The van der Waals surface area contributed by atoms with E-state index in [1.807, 2.05) is 0 Å². The molecule has 2 fully saturated rings. The number of nitrogens with zero attached hydrogens (tertiary/aromatic N) is 1. The second-order valence-corrected chi connectivity index (χ2v) is 4.33. The van der Waals surface area contributed by atoms with E-state index in [0.717, 1.165) is 11.5 Å². The molecule has 0 aromatic carbocycles. The van der Waals surface area contributed by atoms with Crippen LogP contribution in [0.4, 0.5) is 0 Å². The molecule has 0 N–H and O–H groups in total. The van der Waals surface area contributed by atoms with E-state index < -0.39 is 0 Å². The molecule has 1 nitrogen and oxygen atoms in total. The van der Waals surface area contributed by atoms with Gasteiger partial charge in [0.25, 0.3) is 0 Å². The van der Waals surface area contributed by atoms with E-state index in [1.165, 1.54) is 38.8 Å². The van der Waals surface area contributed by atoms with Crippen molar-refractivity contribution < 1.29 is 0 Å². The van der Waals surface area contributed by atoms with Crippen molar-refractivity contribution >= 4 is 0 Å². The molecule has 1 unspecified atom stereocenters. The number of hydrogen-bond acceptors (Lipinski definition) is 1. The quantitative estimate of drug-likeness (QED) is 0.588. The van der Waals surface area contributed by atoms with Gasteiger partial charge < -0.3 is 4.90 Å². The fourth-order valence-corrected chi connectivity index (χ4v) is 2.56. The first-order valence-corrected chi connectivity index (χ1v) is 5.04. The van der Waals surface area contributed by atoms with Crippen molar-refractivity contribution in [3.05, 3.63) is 0 Å². The molecule has 2 rings (SSSR count). The molecule has 64 valence electrons. The Morgan fingerprint density at radius 1 is 1.36 bits per heavy atom. The van der Waals surface area contributed by atoms with Gasteiger partial charge in [0, 0.05) is 12.6 Å². The summed E-state index contributed by atoms with van der Waals surface area (Å²) in [6.07, 6.45) is 5.88. The molecule has 0 aromatic rings. The van der Waals surface area contributed by atoms with Crippen LogP contribution in [-0.4, -0.2) is 24.0 Å². The predicted octanol–water partition coefficient (Wildman–Crippen LogP) is 2.27. The number of rotatable bonds is 2. The Balaban J connectivity index is 1.99. The Kier molecular flexibility index (Phi) is 1.71. The molecule has 11 heavy (non-hydrogen) atoms. The molecule has 1 aliphatic carbocycles. The Morgan fingerprint density at radius 2 is 2.09 bits per heavy atom. The van der Waals surface area contributed by atoms with E-state index in [2.05, 4.69) is 18.7 Å². The summed E-state index contributed by atoms with van der Waals surface area (Å²) in [5, 5.41) is 0. The first kappa shape index (κ1) is 7.60. The smallest absolute Gasteiger partial charge is 0.00985 e. The summed E-state index contributed by atoms with van der Waals surface area (Å²) in [7, 11) is 0. The lowest BCUT2D eigenvalue weighted by Crippen LogP contribution is -2.28. The van der Waals surface area contributed by atoms with Crippen molar-refractivity contribution in [3.63, 3.8) is 0 Å². The van der Waals surface area contributed by atoms with Crippen LogP contribution < -0.4 is 0 Å². The molecule has 1 saturated heterocycles. The molecule has 1 saturated carbocycles. The van der Waals surface area contributed by atoms with Gasteiger partial charge in [-0.15, -0.1) is 0 Å². The van der Waals surface area contributed by atoms with E-state index in [-0.39, 0.29) is 0 Å². The van der Waals surface area contributed by atoms with Crippen molar-refractivity contribution in [2.75, 3.05) is 13.1 Å². The molecular formula is C10H19N. The van der Waals surface area contributed by atoms with Gasteiger partial charge >= 0.3 is 0 Å². The fourth-order valence-electron chi connectivity index (χ4n) is 2.56. The normalized spacial score (nSPS) is 34.9. The maximum Gasteiger partial charge on any atom is 0.00985 e. The van der Waals surface area contributed by atoms with Crippen LogP contribution in [0.15, 0.2) is 0 Å². The zero-order chi connectivity index (χ0) is 7.90. The number of hydrogen-bond donors (Lipinski definition) is 0. The van der Waals surface area contributed by atoms with Crippen LogP contribution in [0.1, 0.15) is 39.5 Å². The third-order valence-corrected chi connectivity index (χ3v) is 3.56. The monoisotopic (exact) mass is 153 g/mol. The average molecular weight is 153 g/mol. The van der Waals surface area contributed by atoms with Gasteiger partial charge in [-0.25, -0.2) is 0 Å². The molecule has 1 spiro atoms. The minimum absolute atomic E-state index is 0.816. The van der Waals surface area contributed by atoms with Gasteiger partial charge in [-0.1, -0.05) is 13.8 Å². The predicted molar refractivity (Wildman–Crippen MR) is 47.6 cm³/mol. The van der Waals surface area contributed by atoms with Crippen molar-refractivity contribution in [1.29, 1.82) is 0 Å². The Morgan fingerprint density at radius 3 is 2.45 bits per heavy atom. The molecule has 0 amide bonds. The van der Waals surface area contributed by atoms with Gasteiger partial charge in [-0.3, -0.25) is 0 Å². The summed E-state index contributed by atoms with van der Waals surface area (Å²) in [5.41, 5.74) is 0.816. The van der Waals surface area contributed by atoms with E-state index in [4.69, 9.17) is 0 Å². The highest BCUT2D eigenvalue weighted by molar-refractivity contribution is 5.03. The van der Waals surface area contributed by atoms with E-state index in [1.54, 1.807) is 0 Å².